The largest absolute Gasteiger partial charge is 0.339 e. The molecule has 0 unspecified atom stereocenters. The molecule has 2 fully saturated rings. The summed E-state index contributed by atoms with van der Waals surface area (Å²) in [5.74, 6) is 2.06. The number of likely N-dealkylation sites (tertiary alicyclic amines) is 1. The van der Waals surface area contributed by atoms with Crippen LogP contribution in [-0.4, -0.2) is 47.1 Å². The van der Waals surface area contributed by atoms with Crippen LogP contribution in [0.5, 0.6) is 0 Å². The van der Waals surface area contributed by atoms with Gasteiger partial charge in [0, 0.05) is 30.1 Å². The summed E-state index contributed by atoms with van der Waals surface area (Å²) in [4.78, 5) is 20.1. The van der Waals surface area contributed by atoms with Crippen molar-refractivity contribution in [1.29, 1.82) is 0 Å². The maximum atomic E-state index is 12.8. The van der Waals surface area contributed by atoms with Gasteiger partial charge in [-0.3, -0.25) is 4.79 Å². The smallest absolute Gasteiger partial charge is 0.253 e. The third kappa shape index (κ3) is 4.65. The number of carbonyl (C=O) groups is 1. The Morgan fingerprint density at radius 3 is 2.59 bits per heavy atom. The molecule has 0 aliphatic carbocycles. The van der Waals surface area contributed by atoms with E-state index in [2.05, 4.69) is 15.5 Å². The zero-order valence-electron chi connectivity index (χ0n) is 15.4. The van der Waals surface area contributed by atoms with Crippen LogP contribution in [0, 0.1) is 12.3 Å². The molecule has 0 saturated carbocycles. The van der Waals surface area contributed by atoms with E-state index in [-0.39, 0.29) is 18.3 Å². The van der Waals surface area contributed by atoms with E-state index in [1.54, 1.807) is 11.8 Å². The molecular weight excluding hydrogens is 384 g/mol. The van der Waals surface area contributed by atoms with E-state index >= 15 is 0 Å². The van der Waals surface area contributed by atoms with Crippen molar-refractivity contribution in [2.75, 3.05) is 26.2 Å². The molecule has 0 bridgehead atoms. The summed E-state index contributed by atoms with van der Waals surface area (Å²) in [6.07, 6.45) is 3.48. The Labute approximate surface area is 169 Å². The molecule has 1 aromatic carbocycles. The molecule has 2 saturated heterocycles. The SMILES string of the molecule is Cc1noc(CSc2ccc(C(=O)N3CCC4(CCNC4)CC3)cc2)n1.Cl. The third-order valence-corrected chi connectivity index (χ3v) is 6.47. The fraction of sp³-hybridized carbons (Fsp3) is 0.526. The molecule has 8 heteroatoms. The van der Waals surface area contributed by atoms with E-state index in [4.69, 9.17) is 4.52 Å². The van der Waals surface area contributed by atoms with Gasteiger partial charge >= 0.3 is 0 Å². The molecule has 0 atom stereocenters. The Morgan fingerprint density at radius 1 is 1.26 bits per heavy atom. The summed E-state index contributed by atoms with van der Waals surface area (Å²) in [7, 11) is 0. The number of piperidine rings is 1. The topological polar surface area (TPSA) is 71.3 Å². The molecule has 4 rings (SSSR count). The molecule has 146 valence electrons. The number of thioether (sulfide) groups is 1. The van der Waals surface area contributed by atoms with Crippen molar-refractivity contribution >= 4 is 30.1 Å². The molecule has 3 heterocycles. The standard InChI is InChI=1S/C19H24N4O2S.ClH/c1-14-21-17(25-22-14)12-26-16-4-2-15(3-5-16)18(24)23-10-7-19(8-11-23)6-9-20-13-19;/h2-5,20H,6-13H2,1H3;1H. The second-order valence-electron chi connectivity index (χ2n) is 7.27. The van der Waals surface area contributed by atoms with Gasteiger partial charge in [-0.2, -0.15) is 4.98 Å². The highest BCUT2D eigenvalue weighted by Crippen LogP contribution is 2.37. The van der Waals surface area contributed by atoms with Crippen molar-refractivity contribution in [1.82, 2.24) is 20.4 Å². The Morgan fingerprint density at radius 2 is 2.00 bits per heavy atom. The maximum absolute atomic E-state index is 12.8. The van der Waals surface area contributed by atoms with E-state index in [9.17, 15) is 4.79 Å². The lowest BCUT2D eigenvalue weighted by Crippen LogP contribution is -2.44. The number of carbonyl (C=O) groups excluding carboxylic acids is 1. The number of rotatable bonds is 4. The number of amides is 1. The number of nitrogens with one attached hydrogen (secondary N) is 1. The van der Waals surface area contributed by atoms with Crippen molar-refractivity contribution in [3.63, 3.8) is 0 Å². The predicted molar refractivity (Wildman–Crippen MR) is 107 cm³/mol. The first kappa shape index (κ1) is 20.2. The molecule has 0 radical (unpaired) electrons. The lowest BCUT2D eigenvalue weighted by Gasteiger charge is -2.38. The molecule has 6 nitrogen and oxygen atoms in total. The lowest BCUT2D eigenvalue weighted by atomic mass is 9.78. The zero-order valence-corrected chi connectivity index (χ0v) is 17.1. The Bertz CT molecular complexity index is 764. The van der Waals surface area contributed by atoms with Crippen LogP contribution < -0.4 is 5.32 Å². The third-order valence-electron chi connectivity index (χ3n) is 5.48. The van der Waals surface area contributed by atoms with Gasteiger partial charge in [0.15, 0.2) is 5.82 Å². The van der Waals surface area contributed by atoms with Gasteiger partial charge in [-0.05, 0) is 62.4 Å². The van der Waals surface area contributed by atoms with Gasteiger partial charge in [0.05, 0.1) is 5.75 Å². The number of aromatic nitrogens is 2. The molecule has 27 heavy (non-hydrogen) atoms. The second kappa shape index (κ2) is 8.63. The first-order valence-corrected chi connectivity index (χ1v) is 10.1. The normalized spacial score (nSPS) is 18.5. The lowest BCUT2D eigenvalue weighted by molar-refractivity contribution is 0.0607. The first-order chi connectivity index (χ1) is 12.6. The number of benzene rings is 1. The fourth-order valence-electron chi connectivity index (χ4n) is 3.83. The average molecular weight is 409 g/mol. The van der Waals surface area contributed by atoms with E-state index in [0.29, 0.717) is 22.9 Å². The molecule has 2 aliphatic heterocycles. The van der Waals surface area contributed by atoms with Gasteiger partial charge in [0.25, 0.3) is 5.91 Å². The van der Waals surface area contributed by atoms with E-state index < -0.39 is 0 Å². The highest BCUT2D eigenvalue weighted by atomic mass is 35.5. The summed E-state index contributed by atoms with van der Waals surface area (Å²) in [5.41, 5.74) is 1.20. The minimum Gasteiger partial charge on any atom is -0.339 e. The quantitative estimate of drug-likeness (QED) is 0.782. The van der Waals surface area contributed by atoms with Crippen molar-refractivity contribution in [2.24, 2.45) is 5.41 Å². The molecule has 2 aliphatic rings. The van der Waals surface area contributed by atoms with Gasteiger partial charge in [-0.25, -0.2) is 0 Å². The summed E-state index contributed by atoms with van der Waals surface area (Å²) >= 11 is 1.63. The fourth-order valence-corrected chi connectivity index (χ4v) is 4.56. The second-order valence-corrected chi connectivity index (χ2v) is 8.32. The van der Waals surface area contributed by atoms with Crippen LogP contribution in [0.1, 0.15) is 41.3 Å². The van der Waals surface area contributed by atoms with Crippen molar-refractivity contribution < 1.29 is 9.32 Å². The van der Waals surface area contributed by atoms with Gasteiger partial charge in [-0.15, -0.1) is 24.2 Å². The van der Waals surface area contributed by atoms with Crippen LogP contribution >= 0.6 is 24.2 Å². The summed E-state index contributed by atoms with van der Waals surface area (Å²) in [5, 5.41) is 7.26. The minimum atomic E-state index is 0. The van der Waals surface area contributed by atoms with Crippen LogP contribution in [-0.2, 0) is 5.75 Å². The monoisotopic (exact) mass is 408 g/mol. The van der Waals surface area contributed by atoms with Crippen molar-refractivity contribution in [2.45, 2.75) is 36.8 Å². The zero-order chi connectivity index (χ0) is 18.0. The Hall–Kier alpha value is -1.57. The van der Waals surface area contributed by atoms with Gasteiger partial charge < -0.3 is 14.7 Å². The number of halogens is 1. The average Bonchev–Trinajstić information content (AvgIpc) is 3.30. The summed E-state index contributed by atoms with van der Waals surface area (Å²) in [6.45, 7) is 5.78. The van der Waals surface area contributed by atoms with Gasteiger partial charge in [-0.1, -0.05) is 5.16 Å². The van der Waals surface area contributed by atoms with Crippen LogP contribution in [0.4, 0.5) is 0 Å². The number of nitrogens with zero attached hydrogens (tertiary/aromatic N) is 3. The van der Waals surface area contributed by atoms with E-state index in [1.807, 2.05) is 36.1 Å². The molecule has 2 aromatic rings. The summed E-state index contributed by atoms with van der Waals surface area (Å²) in [6, 6.07) is 7.83. The van der Waals surface area contributed by atoms with E-state index in [0.717, 1.165) is 49.5 Å². The first-order valence-electron chi connectivity index (χ1n) is 9.16. The van der Waals surface area contributed by atoms with Crippen LogP contribution in [0.25, 0.3) is 0 Å². The predicted octanol–water partition coefficient (Wildman–Crippen LogP) is 3.31. The number of aryl methyl sites for hydroxylation is 1. The van der Waals surface area contributed by atoms with E-state index in [1.165, 1.54) is 6.42 Å². The maximum Gasteiger partial charge on any atom is 0.253 e. The van der Waals surface area contributed by atoms with Crippen LogP contribution in [0.3, 0.4) is 0 Å². The van der Waals surface area contributed by atoms with Crippen molar-refractivity contribution in [3.8, 4) is 0 Å². The van der Waals surface area contributed by atoms with Crippen LogP contribution in [0.2, 0.25) is 0 Å². The summed E-state index contributed by atoms with van der Waals surface area (Å²) < 4.78 is 5.12. The Kier molecular flexibility index (Phi) is 6.44. The van der Waals surface area contributed by atoms with Crippen LogP contribution in [0.15, 0.2) is 33.7 Å². The van der Waals surface area contributed by atoms with Gasteiger partial charge in [0.2, 0.25) is 5.89 Å². The minimum absolute atomic E-state index is 0. The molecule has 1 aromatic heterocycles. The van der Waals surface area contributed by atoms with Gasteiger partial charge in [0.1, 0.15) is 0 Å². The highest BCUT2D eigenvalue weighted by Gasteiger charge is 2.38. The number of hydrogen-bond donors (Lipinski definition) is 1. The van der Waals surface area contributed by atoms with Crippen molar-refractivity contribution in [3.05, 3.63) is 41.5 Å². The highest BCUT2D eigenvalue weighted by molar-refractivity contribution is 7.98. The Balaban J connectivity index is 0.00000210. The molecule has 1 spiro atoms. The molecular formula is C19H25ClN4O2S. The molecule has 1 N–H and O–H groups in total. The number of hydrogen-bond acceptors (Lipinski definition) is 6. The molecule has 1 amide bonds.